The molecule has 0 spiro atoms. The fourth-order valence-electron chi connectivity index (χ4n) is 2.41. The highest BCUT2D eigenvalue weighted by Crippen LogP contribution is 2.41. The second-order valence-corrected chi connectivity index (χ2v) is 5.78. The third-order valence-electron chi connectivity index (χ3n) is 3.46. The fourth-order valence-corrected chi connectivity index (χ4v) is 2.99. The van der Waals surface area contributed by atoms with Crippen LogP contribution in [0.15, 0.2) is 34.8 Å². The highest BCUT2D eigenvalue weighted by molar-refractivity contribution is 9.10. The molecule has 0 fully saturated rings. The van der Waals surface area contributed by atoms with Gasteiger partial charge < -0.3 is 14.6 Å². The number of aliphatic hydroxyl groups excluding tert-OH is 1. The number of ether oxygens (including phenoxy) is 2. The molecule has 110 valence electrons. The van der Waals surface area contributed by atoms with E-state index in [-0.39, 0.29) is 5.82 Å². The lowest BCUT2D eigenvalue weighted by molar-refractivity contribution is 0.168. The highest BCUT2D eigenvalue weighted by atomic mass is 79.9. The Kier molecular flexibility index (Phi) is 3.87. The van der Waals surface area contributed by atoms with Crippen molar-refractivity contribution in [2.45, 2.75) is 13.0 Å². The maximum Gasteiger partial charge on any atom is 0.175 e. The lowest BCUT2D eigenvalue weighted by Crippen LogP contribution is -2.16. The van der Waals surface area contributed by atoms with Crippen molar-refractivity contribution in [3.8, 4) is 11.5 Å². The predicted octanol–water partition coefficient (Wildman–Crippen LogP) is 3.75. The van der Waals surface area contributed by atoms with Crippen LogP contribution >= 0.6 is 15.9 Å². The molecule has 0 saturated heterocycles. The third-order valence-corrected chi connectivity index (χ3v) is 4.05. The van der Waals surface area contributed by atoms with Crippen molar-refractivity contribution in [1.82, 2.24) is 0 Å². The molecule has 2 aromatic rings. The van der Waals surface area contributed by atoms with E-state index < -0.39 is 6.10 Å². The molecule has 2 aromatic carbocycles. The van der Waals surface area contributed by atoms with E-state index in [1.54, 1.807) is 25.1 Å². The second-order valence-electron chi connectivity index (χ2n) is 4.93. The van der Waals surface area contributed by atoms with E-state index in [4.69, 9.17) is 9.47 Å². The predicted molar refractivity (Wildman–Crippen MR) is 80.3 cm³/mol. The van der Waals surface area contributed by atoms with Gasteiger partial charge >= 0.3 is 0 Å². The molecule has 1 N–H and O–H groups in total. The van der Waals surface area contributed by atoms with Crippen LogP contribution in [0.3, 0.4) is 0 Å². The summed E-state index contributed by atoms with van der Waals surface area (Å²) in [5, 5.41) is 10.5. The van der Waals surface area contributed by atoms with Gasteiger partial charge in [-0.05, 0) is 63.8 Å². The molecule has 0 bridgehead atoms. The summed E-state index contributed by atoms with van der Waals surface area (Å²) in [6.07, 6.45) is -0.849. The van der Waals surface area contributed by atoms with Gasteiger partial charge in [-0.3, -0.25) is 0 Å². The number of hydrogen-bond acceptors (Lipinski definition) is 3. The topological polar surface area (TPSA) is 38.7 Å². The van der Waals surface area contributed by atoms with Crippen molar-refractivity contribution in [2.24, 2.45) is 0 Å². The summed E-state index contributed by atoms with van der Waals surface area (Å²) in [5.74, 6) is 0.935. The Morgan fingerprint density at radius 1 is 1.19 bits per heavy atom. The van der Waals surface area contributed by atoms with Crippen molar-refractivity contribution >= 4 is 15.9 Å². The molecule has 3 rings (SSSR count). The first-order chi connectivity index (χ1) is 10.1. The molecule has 1 unspecified atom stereocenters. The van der Waals surface area contributed by atoms with Crippen LogP contribution < -0.4 is 9.47 Å². The molecule has 0 amide bonds. The SMILES string of the molecule is Cc1cc(F)ccc1C(O)c1cc(Br)c2c(c1)OCCO2. The Balaban J connectivity index is 2.01. The average molecular weight is 353 g/mol. The molecular weight excluding hydrogens is 339 g/mol. The number of halogens is 2. The van der Waals surface area contributed by atoms with E-state index in [0.717, 1.165) is 4.47 Å². The Labute approximate surface area is 130 Å². The van der Waals surface area contributed by atoms with E-state index in [9.17, 15) is 9.50 Å². The summed E-state index contributed by atoms with van der Waals surface area (Å²) in [5.41, 5.74) is 2.04. The minimum atomic E-state index is -0.849. The van der Waals surface area contributed by atoms with E-state index >= 15 is 0 Å². The maximum atomic E-state index is 13.2. The van der Waals surface area contributed by atoms with Crippen molar-refractivity contribution in [3.63, 3.8) is 0 Å². The van der Waals surface area contributed by atoms with Crippen molar-refractivity contribution < 1.29 is 19.0 Å². The van der Waals surface area contributed by atoms with Crippen LogP contribution in [0.4, 0.5) is 4.39 Å². The summed E-state index contributed by atoms with van der Waals surface area (Å²) >= 11 is 3.43. The molecule has 1 heterocycles. The number of aliphatic hydroxyl groups is 1. The number of aryl methyl sites for hydroxylation is 1. The molecule has 0 aliphatic carbocycles. The number of hydrogen-bond donors (Lipinski definition) is 1. The maximum absolute atomic E-state index is 13.2. The summed E-state index contributed by atoms with van der Waals surface area (Å²) in [6.45, 7) is 2.76. The summed E-state index contributed by atoms with van der Waals surface area (Å²) in [4.78, 5) is 0. The lowest BCUT2D eigenvalue weighted by atomic mass is 9.97. The minimum absolute atomic E-state index is 0.313. The number of rotatable bonds is 2. The molecule has 1 aliphatic heterocycles. The van der Waals surface area contributed by atoms with Gasteiger partial charge in [0.2, 0.25) is 0 Å². The van der Waals surface area contributed by atoms with Gasteiger partial charge in [-0.2, -0.15) is 0 Å². The zero-order valence-corrected chi connectivity index (χ0v) is 13.0. The summed E-state index contributed by atoms with van der Waals surface area (Å²) < 4.78 is 25.0. The summed E-state index contributed by atoms with van der Waals surface area (Å²) in [6, 6.07) is 7.90. The van der Waals surface area contributed by atoms with Crippen molar-refractivity contribution in [3.05, 3.63) is 57.3 Å². The van der Waals surface area contributed by atoms with Crippen LogP contribution in [0.5, 0.6) is 11.5 Å². The number of benzene rings is 2. The van der Waals surface area contributed by atoms with E-state index in [0.29, 0.717) is 41.4 Å². The van der Waals surface area contributed by atoms with Crippen LogP contribution in [-0.2, 0) is 0 Å². The van der Waals surface area contributed by atoms with Crippen LogP contribution in [0.1, 0.15) is 22.8 Å². The normalized spacial score (nSPS) is 14.9. The van der Waals surface area contributed by atoms with Gasteiger partial charge in [0.15, 0.2) is 11.5 Å². The first kappa shape index (κ1) is 14.4. The van der Waals surface area contributed by atoms with Crippen molar-refractivity contribution in [2.75, 3.05) is 13.2 Å². The minimum Gasteiger partial charge on any atom is -0.486 e. The molecule has 0 radical (unpaired) electrons. The largest absolute Gasteiger partial charge is 0.486 e. The smallest absolute Gasteiger partial charge is 0.175 e. The Morgan fingerprint density at radius 3 is 2.71 bits per heavy atom. The van der Waals surface area contributed by atoms with Crippen LogP contribution in [-0.4, -0.2) is 18.3 Å². The van der Waals surface area contributed by atoms with Crippen LogP contribution in [0, 0.1) is 12.7 Å². The van der Waals surface area contributed by atoms with Crippen molar-refractivity contribution in [1.29, 1.82) is 0 Å². The Bertz CT molecular complexity index is 687. The van der Waals surface area contributed by atoms with Gasteiger partial charge in [-0.1, -0.05) is 6.07 Å². The van der Waals surface area contributed by atoms with Crippen LogP contribution in [0.25, 0.3) is 0 Å². The van der Waals surface area contributed by atoms with Gasteiger partial charge in [-0.15, -0.1) is 0 Å². The van der Waals surface area contributed by atoms with Crippen LogP contribution in [0.2, 0.25) is 0 Å². The second kappa shape index (κ2) is 5.66. The molecule has 0 aromatic heterocycles. The van der Waals surface area contributed by atoms with E-state index in [2.05, 4.69) is 15.9 Å². The van der Waals surface area contributed by atoms with Gasteiger partial charge in [0.05, 0.1) is 4.47 Å². The zero-order valence-electron chi connectivity index (χ0n) is 11.4. The lowest BCUT2D eigenvalue weighted by Gasteiger charge is -2.22. The van der Waals surface area contributed by atoms with Gasteiger partial charge in [0, 0.05) is 0 Å². The monoisotopic (exact) mass is 352 g/mol. The van der Waals surface area contributed by atoms with Gasteiger partial charge in [0.1, 0.15) is 25.1 Å². The van der Waals surface area contributed by atoms with E-state index in [1.165, 1.54) is 12.1 Å². The molecule has 1 atom stereocenters. The van der Waals surface area contributed by atoms with E-state index in [1.807, 2.05) is 0 Å². The average Bonchev–Trinajstić information content (AvgIpc) is 2.46. The first-order valence-corrected chi connectivity index (χ1v) is 7.38. The standard InChI is InChI=1S/C16H14BrFO3/c1-9-6-11(18)2-3-12(9)15(19)10-7-13(17)16-14(8-10)20-4-5-21-16/h2-3,6-8,15,19H,4-5H2,1H3. The fraction of sp³-hybridized carbons (Fsp3) is 0.250. The molecule has 21 heavy (non-hydrogen) atoms. The van der Waals surface area contributed by atoms with Gasteiger partial charge in [0.25, 0.3) is 0 Å². The highest BCUT2D eigenvalue weighted by Gasteiger charge is 2.21. The molecule has 3 nitrogen and oxygen atoms in total. The zero-order chi connectivity index (χ0) is 15.0. The molecule has 1 aliphatic rings. The molecule has 0 saturated carbocycles. The molecule has 5 heteroatoms. The van der Waals surface area contributed by atoms with Gasteiger partial charge in [-0.25, -0.2) is 4.39 Å². The molecular formula is C16H14BrFO3. The number of fused-ring (bicyclic) bond motifs is 1. The quantitative estimate of drug-likeness (QED) is 0.894. The Morgan fingerprint density at radius 2 is 1.95 bits per heavy atom. The Hall–Kier alpha value is -1.59. The summed E-state index contributed by atoms with van der Waals surface area (Å²) in [7, 11) is 0. The first-order valence-electron chi connectivity index (χ1n) is 6.59. The third kappa shape index (κ3) is 2.76.